The Morgan fingerprint density at radius 3 is 2.54 bits per heavy atom. The lowest BCUT2D eigenvalue weighted by Crippen LogP contribution is -2.06. The molecule has 0 amide bonds. The maximum absolute atomic E-state index is 13.4. The zero-order valence-corrected chi connectivity index (χ0v) is 14.3. The van der Waals surface area contributed by atoms with Gasteiger partial charge in [0.05, 0.1) is 32.0 Å². The molecule has 0 saturated carbocycles. The summed E-state index contributed by atoms with van der Waals surface area (Å²) in [7, 11) is 3.03. The molecule has 2 aromatic carbocycles. The molecule has 0 fully saturated rings. The lowest BCUT2D eigenvalue weighted by atomic mass is 10.0. The number of ether oxygens (including phenoxy) is 2. The van der Waals surface area contributed by atoms with Crippen molar-refractivity contribution >= 4 is 10.9 Å². The van der Waals surface area contributed by atoms with Crippen LogP contribution in [0.5, 0.6) is 11.5 Å². The first-order valence-electron chi connectivity index (χ1n) is 7.80. The molecule has 0 saturated heterocycles. The monoisotopic (exact) mass is 362 g/mol. The summed E-state index contributed by atoms with van der Waals surface area (Å²) in [6.45, 7) is 3.93. The van der Waals surface area contributed by atoms with Gasteiger partial charge < -0.3 is 9.47 Å². The van der Waals surface area contributed by atoms with Crippen LogP contribution >= 0.6 is 0 Å². The highest BCUT2D eigenvalue weighted by Gasteiger charge is 2.34. The second-order valence-corrected chi connectivity index (χ2v) is 5.59. The third-order valence-corrected chi connectivity index (χ3v) is 4.04. The molecule has 4 nitrogen and oxygen atoms in total. The van der Waals surface area contributed by atoms with Gasteiger partial charge in [0.2, 0.25) is 0 Å². The number of rotatable bonds is 5. The first kappa shape index (κ1) is 17.8. The van der Waals surface area contributed by atoms with Crippen LogP contribution in [0.25, 0.3) is 22.2 Å². The Morgan fingerprint density at radius 1 is 1.15 bits per heavy atom. The van der Waals surface area contributed by atoms with Gasteiger partial charge in [0.15, 0.2) is 0 Å². The molecule has 0 unspecified atom stereocenters. The molecule has 136 valence electrons. The maximum Gasteiger partial charge on any atom is 0.418 e. The quantitative estimate of drug-likeness (QED) is 0.604. The minimum atomic E-state index is -4.49. The van der Waals surface area contributed by atoms with Gasteiger partial charge in [-0.3, -0.25) is 4.68 Å². The predicted octanol–water partition coefficient (Wildman–Crippen LogP) is 4.93. The van der Waals surface area contributed by atoms with Crippen LogP contribution in [0.2, 0.25) is 0 Å². The number of fused-ring (bicyclic) bond motifs is 1. The van der Waals surface area contributed by atoms with Crippen LogP contribution in [0.15, 0.2) is 49.1 Å². The number of alkyl halides is 3. The minimum Gasteiger partial charge on any atom is -0.497 e. The molecule has 0 aliphatic rings. The Bertz CT molecular complexity index is 961. The summed E-state index contributed by atoms with van der Waals surface area (Å²) in [5, 5.41) is 4.60. The van der Waals surface area contributed by atoms with Gasteiger partial charge in [-0.05, 0) is 18.2 Å². The lowest BCUT2D eigenvalue weighted by molar-refractivity contribution is -0.136. The lowest BCUT2D eigenvalue weighted by Gasteiger charge is -2.12. The fourth-order valence-corrected chi connectivity index (χ4v) is 2.91. The van der Waals surface area contributed by atoms with Crippen molar-refractivity contribution in [2.24, 2.45) is 0 Å². The van der Waals surface area contributed by atoms with E-state index in [9.17, 15) is 13.2 Å². The molecule has 7 heteroatoms. The van der Waals surface area contributed by atoms with Gasteiger partial charge in [0.25, 0.3) is 0 Å². The van der Waals surface area contributed by atoms with E-state index in [1.165, 1.54) is 25.0 Å². The second kappa shape index (κ2) is 6.74. The molecule has 0 radical (unpaired) electrons. The largest absolute Gasteiger partial charge is 0.497 e. The smallest absolute Gasteiger partial charge is 0.418 e. The summed E-state index contributed by atoms with van der Waals surface area (Å²) in [5.74, 6) is 1.06. The third kappa shape index (κ3) is 3.00. The molecule has 0 N–H and O–H groups in total. The number of methoxy groups -OCH3 is 2. The molecule has 0 aliphatic heterocycles. The Hall–Kier alpha value is -2.96. The summed E-state index contributed by atoms with van der Waals surface area (Å²) in [5.41, 5.74) is 0.281. The van der Waals surface area contributed by atoms with E-state index in [4.69, 9.17) is 9.47 Å². The number of aromatic nitrogens is 2. The van der Waals surface area contributed by atoms with Crippen molar-refractivity contribution in [2.75, 3.05) is 14.2 Å². The van der Waals surface area contributed by atoms with Crippen LogP contribution in [0.3, 0.4) is 0 Å². The van der Waals surface area contributed by atoms with E-state index in [1.807, 2.05) is 0 Å². The number of hydrogen-bond donors (Lipinski definition) is 0. The number of halogens is 3. The Balaban J connectivity index is 2.35. The topological polar surface area (TPSA) is 36.3 Å². The van der Waals surface area contributed by atoms with Crippen molar-refractivity contribution in [3.8, 4) is 22.8 Å². The predicted molar refractivity (Wildman–Crippen MR) is 93.5 cm³/mol. The zero-order valence-electron chi connectivity index (χ0n) is 14.3. The molecular weight excluding hydrogens is 345 g/mol. The van der Waals surface area contributed by atoms with Gasteiger partial charge in [0, 0.05) is 17.0 Å². The Kier molecular flexibility index (Phi) is 4.63. The summed E-state index contributed by atoms with van der Waals surface area (Å²) in [6, 6.07) is 9.18. The zero-order chi connectivity index (χ0) is 18.9. The van der Waals surface area contributed by atoms with Crippen LogP contribution in [-0.2, 0) is 12.7 Å². The molecule has 0 atom stereocenters. The van der Waals surface area contributed by atoms with E-state index in [2.05, 4.69) is 11.7 Å². The highest BCUT2D eigenvalue weighted by atomic mass is 19.4. The van der Waals surface area contributed by atoms with Gasteiger partial charge in [0.1, 0.15) is 17.0 Å². The second-order valence-electron chi connectivity index (χ2n) is 5.59. The van der Waals surface area contributed by atoms with Crippen molar-refractivity contribution in [1.82, 2.24) is 9.78 Å². The van der Waals surface area contributed by atoms with Gasteiger partial charge in [-0.15, -0.1) is 6.58 Å². The van der Waals surface area contributed by atoms with Crippen LogP contribution in [0.4, 0.5) is 13.2 Å². The van der Waals surface area contributed by atoms with Gasteiger partial charge in [-0.25, -0.2) is 0 Å². The Labute approximate surface area is 148 Å². The molecule has 3 rings (SSSR count). The summed E-state index contributed by atoms with van der Waals surface area (Å²) in [6.07, 6.45) is -2.91. The Morgan fingerprint density at radius 2 is 1.92 bits per heavy atom. The van der Waals surface area contributed by atoms with Crippen LogP contribution < -0.4 is 9.47 Å². The highest BCUT2D eigenvalue weighted by molar-refractivity contribution is 5.96. The number of hydrogen-bond acceptors (Lipinski definition) is 3. The number of allylic oxidation sites excluding steroid dienone is 1. The van der Waals surface area contributed by atoms with E-state index in [1.54, 1.807) is 30.3 Å². The average Bonchev–Trinajstić information content (AvgIpc) is 2.98. The molecule has 1 aromatic heterocycles. The van der Waals surface area contributed by atoms with Crippen molar-refractivity contribution in [3.05, 3.63) is 54.6 Å². The van der Waals surface area contributed by atoms with Crippen LogP contribution in [0.1, 0.15) is 5.56 Å². The van der Waals surface area contributed by atoms with E-state index in [0.717, 1.165) is 6.07 Å². The molecule has 1 heterocycles. The standard InChI is InChI=1S/C19H17F3N2O2/c1-4-10-24-18(13-9-8-12(25-2)11-16(13)26-3)14-6-5-7-15(17(14)23-24)19(20,21)22/h4-9,11H,1,10H2,2-3H3. The average molecular weight is 362 g/mol. The van der Waals surface area contributed by atoms with Crippen LogP contribution in [0, 0.1) is 0 Å². The number of nitrogens with zero attached hydrogens (tertiary/aromatic N) is 2. The molecule has 26 heavy (non-hydrogen) atoms. The first-order chi connectivity index (χ1) is 12.4. The van der Waals surface area contributed by atoms with Crippen molar-refractivity contribution in [3.63, 3.8) is 0 Å². The molecular formula is C19H17F3N2O2. The summed E-state index contributed by atoms with van der Waals surface area (Å²) < 4.78 is 52.3. The van der Waals surface area contributed by atoms with Gasteiger partial charge in [-0.2, -0.15) is 18.3 Å². The fraction of sp³-hybridized carbons (Fsp3) is 0.211. The third-order valence-electron chi connectivity index (χ3n) is 4.04. The SMILES string of the molecule is C=CCn1nc2c(C(F)(F)F)cccc2c1-c1ccc(OC)cc1OC. The highest BCUT2D eigenvalue weighted by Crippen LogP contribution is 2.41. The van der Waals surface area contributed by atoms with Crippen molar-refractivity contribution < 1.29 is 22.6 Å². The molecule has 0 bridgehead atoms. The molecule has 0 spiro atoms. The van der Waals surface area contributed by atoms with Gasteiger partial charge in [-0.1, -0.05) is 18.2 Å². The van der Waals surface area contributed by atoms with Crippen molar-refractivity contribution in [2.45, 2.75) is 12.7 Å². The summed E-state index contributed by atoms with van der Waals surface area (Å²) >= 11 is 0. The van der Waals surface area contributed by atoms with E-state index < -0.39 is 11.7 Å². The minimum absolute atomic E-state index is 0.102. The number of benzene rings is 2. The van der Waals surface area contributed by atoms with E-state index in [0.29, 0.717) is 28.1 Å². The fourth-order valence-electron chi connectivity index (χ4n) is 2.91. The summed E-state index contributed by atoms with van der Waals surface area (Å²) in [4.78, 5) is 0. The van der Waals surface area contributed by atoms with E-state index >= 15 is 0 Å². The molecule has 0 aliphatic carbocycles. The normalized spacial score (nSPS) is 11.6. The first-order valence-corrected chi connectivity index (χ1v) is 7.80. The van der Waals surface area contributed by atoms with E-state index in [-0.39, 0.29) is 12.1 Å². The maximum atomic E-state index is 13.4. The molecule has 3 aromatic rings. The van der Waals surface area contributed by atoms with Crippen LogP contribution in [-0.4, -0.2) is 24.0 Å². The van der Waals surface area contributed by atoms with Gasteiger partial charge >= 0.3 is 6.18 Å². The van der Waals surface area contributed by atoms with Crippen molar-refractivity contribution in [1.29, 1.82) is 0 Å².